The van der Waals surface area contributed by atoms with E-state index in [9.17, 15) is 9.90 Å². The summed E-state index contributed by atoms with van der Waals surface area (Å²) in [7, 11) is 2.06. The molecule has 3 heterocycles. The van der Waals surface area contributed by atoms with E-state index in [-0.39, 0.29) is 12.3 Å². The van der Waals surface area contributed by atoms with Crippen molar-refractivity contribution in [2.24, 2.45) is 0 Å². The Balaban J connectivity index is 1.08. The van der Waals surface area contributed by atoms with E-state index in [0.717, 1.165) is 75.2 Å². The van der Waals surface area contributed by atoms with Crippen LogP contribution in [0.4, 0.5) is 5.69 Å². The number of ether oxygens (including phenoxy) is 2. The molecule has 9 nitrogen and oxygen atoms in total. The minimum absolute atomic E-state index is 0.0378. The molecule has 2 fully saturated rings. The maximum atomic E-state index is 12.7. The SMILES string of the molecule is CN1CCN(C(O)OCn2c(=O)ccc3ccc(OCCCCN4CCN(c5cccc(Cl)c5Cl)CC4)cc32)CC1. The molecule has 0 amide bonds. The van der Waals surface area contributed by atoms with Gasteiger partial charge in [0.25, 0.3) is 5.56 Å². The second-order valence-corrected chi connectivity index (χ2v) is 11.5. The van der Waals surface area contributed by atoms with Crippen molar-refractivity contribution in [1.82, 2.24) is 19.3 Å². The third-order valence-electron chi connectivity index (χ3n) is 7.95. The van der Waals surface area contributed by atoms with E-state index in [2.05, 4.69) is 21.7 Å². The quantitative estimate of drug-likeness (QED) is 0.262. The normalized spacial score (nSPS) is 18.2. The van der Waals surface area contributed by atoms with Crippen LogP contribution in [-0.2, 0) is 11.5 Å². The molecule has 0 bridgehead atoms. The Labute approximate surface area is 251 Å². The maximum absolute atomic E-state index is 12.7. The molecule has 2 aliphatic heterocycles. The van der Waals surface area contributed by atoms with E-state index in [4.69, 9.17) is 32.7 Å². The zero-order valence-corrected chi connectivity index (χ0v) is 25.1. The van der Waals surface area contributed by atoms with E-state index in [1.165, 1.54) is 10.6 Å². The van der Waals surface area contributed by atoms with Crippen LogP contribution >= 0.6 is 23.2 Å². The molecule has 1 unspecified atom stereocenters. The molecule has 2 saturated heterocycles. The van der Waals surface area contributed by atoms with Crippen LogP contribution in [0.1, 0.15) is 12.8 Å². The number of likely N-dealkylation sites (N-methyl/N-ethyl adjacent to an activating group) is 1. The van der Waals surface area contributed by atoms with Crippen molar-refractivity contribution in [3.05, 3.63) is 68.9 Å². The van der Waals surface area contributed by atoms with Crippen LogP contribution in [0.2, 0.25) is 10.0 Å². The summed E-state index contributed by atoms with van der Waals surface area (Å²) in [5, 5.41) is 12.6. The number of halogens is 2. The number of anilines is 1. The molecule has 1 N–H and O–H groups in total. The summed E-state index contributed by atoms with van der Waals surface area (Å²) in [5.74, 6) is 0.712. The lowest BCUT2D eigenvalue weighted by Crippen LogP contribution is -2.50. The number of rotatable bonds is 11. The molecule has 5 rings (SSSR count). The first-order valence-corrected chi connectivity index (χ1v) is 15.0. The average Bonchev–Trinajstić information content (AvgIpc) is 2.98. The highest BCUT2D eigenvalue weighted by atomic mass is 35.5. The fourth-order valence-electron chi connectivity index (χ4n) is 5.36. The Kier molecular flexibility index (Phi) is 10.4. The number of benzene rings is 2. The van der Waals surface area contributed by atoms with Crippen molar-refractivity contribution in [3.63, 3.8) is 0 Å². The highest BCUT2D eigenvalue weighted by Gasteiger charge is 2.22. The molecule has 2 aromatic carbocycles. The first-order valence-electron chi connectivity index (χ1n) is 14.3. The largest absolute Gasteiger partial charge is 0.494 e. The van der Waals surface area contributed by atoms with Crippen molar-refractivity contribution in [3.8, 4) is 5.75 Å². The van der Waals surface area contributed by atoms with Gasteiger partial charge in [0.2, 0.25) is 6.41 Å². The number of fused-ring (bicyclic) bond motifs is 1. The maximum Gasteiger partial charge on any atom is 0.252 e. The zero-order chi connectivity index (χ0) is 28.8. The van der Waals surface area contributed by atoms with E-state index in [1.54, 1.807) is 6.07 Å². The molecule has 3 aromatic rings. The van der Waals surface area contributed by atoms with Crippen LogP contribution in [0, 0.1) is 0 Å². The topological polar surface area (TPSA) is 73.6 Å². The van der Waals surface area contributed by atoms with E-state index >= 15 is 0 Å². The monoisotopic (exact) mass is 603 g/mol. The first-order chi connectivity index (χ1) is 19.9. The number of nitrogens with zero attached hydrogens (tertiary/aromatic N) is 5. The molecule has 11 heteroatoms. The van der Waals surface area contributed by atoms with Gasteiger partial charge in [0, 0.05) is 64.5 Å². The van der Waals surface area contributed by atoms with Crippen LogP contribution in [0.3, 0.4) is 0 Å². The summed E-state index contributed by atoms with van der Waals surface area (Å²) in [4.78, 5) is 21.5. The summed E-state index contributed by atoms with van der Waals surface area (Å²) in [5.41, 5.74) is 1.54. The molecule has 0 spiro atoms. The van der Waals surface area contributed by atoms with Crippen molar-refractivity contribution < 1.29 is 14.6 Å². The summed E-state index contributed by atoms with van der Waals surface area (Å²) in [6.45, 7) is 8.55. The number of hydrogen-bond acceptors (Lipinski definition) is 8. The Hall–Kier alpha value is -2.37. The predicted molar refractivity (Wildman–Crippen MR) is 164 cm³/mol. The molecule has 2 aliphatic rings. The summed E-state index contributed by atoms with van der Waals surface area (Å²) in [6.07, 6.45) is 0.914. The number of pyridine rings is 1. The Morgan fingerprint density at radius 3 is 2.46 bits per heavy atom. The van der Waals surface area contributed by atoms with Crippen molar-refractivity contribution in [2.45, 2.75) is 26.0 Å². The standard InChI is InChI=1S/C30H39Cl2N5O4/c1-33-12-16-36(17-13-33)30(39)41-22-37-27-21-24(9-7-23(27)8-10-28(37)38)40-20-3-2-11-34-14-18-35(19-15-34)26-6-4-5-25(31)29(26)32/h4-10,21,30,39H,2-3,11-20,22H2,1H3. The van der Waals surface area contributed by atoms with Gasteiger partial charge in [-0.1, -0.05) is 29.3 Å². The molecule has 0 saturated carbocycles. The van der Waals surface area contributed by atoms with Crippen LogP contribution < -0.4 is 15.2 Å². The van der Waals surface area contributed by atoms with Crippen LogP contribution in [0.15, 0.2) is 53.3 Å². The number of unbranched alkanes of at least 4 members (excludes halogenated alkanes) is 1. The predicted octanol–water partition coefficient (Wildman–Crippen LogP) is 3.79. The van der Waals surface area contributed by atoms with Crippen molar-refractivity contribution >= 4 is 39.8 Å². The third kappa shape index (κ3) is 7.73. The van der Waals surface area contributed by atoms with Gasteiger partial charge in [-0.15, -0.1) is 0 Å². The molecule has 41 heavy (non-hydrogen) atoms. The Bertz CT molecular complexity index is 1360. The van der Waals surface area contributed by atoms with Gasteiger partial charge in [0.1, 0.15) is 12.5 Å². The molecule has 0 aliphatic carbocycles. The summed E-state index contributed by atoms with van der Waals surface area (Å²) < 4.78 is 13.3. The second-order valence-electron chi connectivity index (χ2n) is 10.7. The van der Waals surface area contributed by atoms with E-state index < -0.39 is 6.41 Å². The van der Waals surface area contributed by atoms with Gasteiger partial charge < -0.3 is 24.4 Å². The molecule has 1 atom stereocenters. The zero-order valence-electron chi connectivity index (χ0n) is 23.6. The lowest BCUT2D eigenvalue weighted by atomic mass is 10.2. The van der Waals surface area contributed by atoms with Gasteiger partial charge in [-0.2, -0.15) is 0 Å². The van der Waals surface area contributed by atoms with E-state index in [0.29, 0.717) is 35.5 Å². The molecule has 1 aromatic heterocycles. The van der Waals surface area contributed by atoms with Crippen LogP contribution in [0.5, 0.6) is 5.75 Å². The Morgan fingerprint density at radius 1 is 0.927 bits per heavy atom. The first kappa shape index (κ1) is 30.1. The van der Waals surface area contributed by atoms with Crippen LogP contribution in [0.25, 0.3) is 10.9 Å². The number of hydrogen-bond donors (Lipinski definition) is 1. The summed E-state index contributed by atoms with van der Waals surface area (Å²) in [6, 6.07) is 14.9. The summed E-state index contributed by atoms with van der Waals surface area (Å²) >= 11 is 12.6. The minimum atomic E-state index is -1.05. The molecule has 0 radical (unpaired) electrons. The van der Waals surface area contributed by atoms with Gasteiger partial charge in [0.15, 0.2) is 0 Å². The van der Waals surface area contributed by atoms with Gasteiger partial charge in [-0.3, -0.25) is 19.2 Å². The highest BCUT2D eigenvalue weighted by molar-refractivity contribution is 6.43. The van der Waals surface area contributed by atoms with Gasteiger partial charge >= 0.3 is 0 Å². The number of aromatic nitrogens is 1. The van der Waals surface area contributed by atoms with Crippen molar-refractivity contribution in [2.75, 3.05) is 77.5 Å². The minimum Gasteiger partial charge on any atom is -0.494 e. The van der Waals surface area contributed by atoms with Crippen LogP contribution in [-0.4, -0.2) is 103 Å². The number of aliphatic hydroxyl groups excluding tert-OH is 1. The van der Waals surface area contributed by atoms with Gasteiger partial charge in [-0.05, 0) is 62.2 Å². The fraction of sp³-hybridized carbons (Fsp3) is 0.500. The third-order valence-corrected chi connectivity index (χ3v) is 8.76. The highest BCUT2D eigenvalue weighted by Crippen LogP contribution is 2.33. The van der Waals surface area contributed by atoms with E-state index in [1.807, 2.05) is 41.3 Å². The molecule has 222 valence electrons. The van der Waals surface area contributed by atoms with Crippen molar-refractivity contribution in [1.29, 1.82) is 0 Å². The molecular weight excluding hydrogens is 565 g/mol. The van der Waals surface area contributed by atoms with Gasteiger partial charge in [-0.25, -0.2) is 0 Å². The smallest absolute Gasteiger partial charge is 0.252 e. The molecular formula is C30H39Cl2N5O4. The number of piperazine rings is 2. The second kappa shape index (κ2) is 14.2. The lowest BCUT2D eigenvalue weighted by molar-refractivity contribution is -0.216. The fourth-order valence-corrected chi connectivity index (χ4v) is 5.77. The average molecular weight is 605 g/mol. The lowest BCUT2D eigenvalue weighted by Gasteiger charge is -2.36. The number of aliphatic hydroxyl groups is 1. The Morgan fingerprint density at radius 2 is 1.68 bits per heavy atom. The van der Waals surface area contributed by atoms with Gasteiger partial charge in [0.05, 0.1) is 27.9 Å².